The molecule has 0 unspecified atom stereocenters. The number of rotatable bonds is 9. The van der Waals surface area contributed by atoms with Gasteiger partial charge in [-0.3, -0.25) is 14.5 Å². The Morgan fingerprint density at radius 1 is 1.02 bits per heavy atom. The number of para-hydroxylation sites is 1. The molecule has 0 bridgehead atoms. The lowest BCUT2D eigenvalue weighted by Crippen LogP contribution is -2.18. The van der Waals surface area contributed by atoms with Gasteiger partial charge in [0.1, 0.15) is 11.4 Å². The van der Waals surface area contributed by atoms with E-state index in [1.165, 1.54) is 6.20 Å². The molecular weight excluding hydrogens is 583 g/mol. The predicted octanol–water partition coefficient (Wildman–Crippen LogP) is 8.97. The number of halogens is 4. The maximum Gasteiger partial charge on any atom is 0.417 e. The third-order valence-corrected chi connectivity index (χ3v) is 8.23. The molecule has 0 saturated heterocycles. The molecule has 42 heavy (non-hydrogen) atoms. The number of nitrogens with zero attached hydrogens (tertiary/aromatic N) is 1. The van der Waals surface area contributed by atoms with Crippen molar-refractivity contribution < 1.29 is 22.7 Å². The number of alkyl halides is 3. The van der Waals surface area contributed by atoms with E-state index in [4.69, 9.17) is 16.3 Å². The summed E-state index contributed by atoms with van der Waals surface area (Å²) in [5.74, 6) is 0.317. The Morgan fingerprint density at radius 2 is 1.76 bits per heavy atom. The van der Waals surface area contributed by atoms with Gasteiger partial charge >= 0.3 is 6.18 Å². The summed E-state index contributed by atoms with van der Waals surface area (Å²) in [6.07, 6.45) is -1.24. The van der Waals surface area contributed by atoms with Crippen LogP contribution in [-0.4, -0.2) is 22.5 Å². The zero-order valence-electron chi connectivity index (χ0n) is 22.8. The van der Waals surface area contributed by atoms with Gasteiger partial charge < -0.3 is 9.72 Å². The molecule has 5 rings (SSSR count). The standard InChI is InChI=1S/C32H27ClF3N3O2S/c1-19-16-21(17-20(2)28(19)33)41-15-7-12-24-23-10-6-11-25(26-18-37-14-13-27(26)32(34,35)36)29(23)38-30(24)31(40)39-42-22-8-4-3-5-9-22/h3-6,8-11,13-14,16-18,38H,7,12,15H2,1-2H3,(H,39,40). The molecule has 2 N–H and O–H groups in total. The lowest BCUT2D eigenvalue weighted by molar-refractivity contribution is -0.137. The van der Waals surface area contributed by atoms with E-state index in [1.54, 1.807) is 12.1 Å². The van der Waals surface area contributed by atoms with Gasteiger partial charge in [-0.25, -0.2) is 0 Å². The zero-order valence-corrected chi connectivity index (χ0v) is 24.4. The molecule has 1 amide bonds. The molecule has 0 aliphatic carbocycles. The summed E-state index contributed by atoms with van der Waals surface area (Å²) in [5.41, 5.74) is 2.70. The van der Waals surface area contributed by atoms with Gasteiger partial charge in [-0.2, -0.15) is 13.2 Å². The molecule has 0 radical (unpaired) electrons. The number of hydrogen-bond acceptors (Lipinski definition) is 4. The number of nitrogens with one attached hydrogen (secondary N) is 2. The van der Waals surface area contributed by atoms with Crippen molar-refractivity contribution in [1.82, 2.24) is 14.7 Å². The molecule has 0 atom stereocenters. The Morgan fingerprint density at radius 3 is 2.48 bits per heavy atom. The third-order valence-electron chi connectivity index (χ3n) is 6.84. The smallest absolute Gasteiger partial charge is 0.417 e. The van der Waals surface area contributed by atoms with Crippen LogP contribution in [0.1, 0.15) is 39.2 Å². The van der Waals surface area contributed by atoms with Gasteiger partial charge in [0.05, 0.1) is 17.7 Å². The van der Waals surface area contributed by atoms with Crippen LogP contribution in [0.15, 0.2) is 84.0 Å². The number of aromatic nitrogens is 2. The number of amides is 1. The molecule has 216 valence electrons. The zero-order chi connectivity index (χ0) is 29.9. The molecule has 0 fully saturated rings. The first-order valence-corrected chi connectivity index (χ1v) is 14.4. The topological polar surface area (TPSA) is 67.0 Å². The van der Waals surface area contributed by atoms with E-state index in [2.05, 4.69) is 14.7 Å². The lowest BCUT2D eigenvalue weighted by atomic mass is 9.97. The average molecular weight is 610 g/mol. The third kappa shape index (κ3) is 6.42. The molecule has 2 heterocycles. The van der Waals surface area contributed by atoms with Gasteiger partial charge in [0.2, 0.25) is 0 Å². The maximum absolute atomic E-state index is 13.9. The summed E-state index contributed by atoms with van der Waals surface area (Å²) in [4.78, 5) is 21.4. The molecule has 0 saturated carbocycles. The number of hydrogen-bond donors (Lipinski definition) is 2. The van der Waals surface area contributed by atoms with Crippen LogP contribution in [-0.2, 0) is 12.6 Å². The van der Waals surface area contributed by atoms with Crippen LogP contribution in [0.25, 0.3) is 22.0 Å². The summed E-state index contributed by atoms with van der Waals surface area (Å²) in [6.45, 7) is 4.20. The highest BCUT2D eigenvalue weighted by Gasteiger charge is 2.34. The van der Waals surface area contributed by atoms with Crippen molar-refractivity contribution in [3.05, 3.63) is 112 Å². The first-order chi connectivity index (χ1) is 20.1. The fraction of sp³-hybridized carbons (Fsp3) is 0.188. The van der Waals surface area contributed by atoms with E-state index in [1.807, 2.05) is 62.4 Å². The van der Waals surface area contributed by atoms with E-state index >= 15 is 0 Å². The fourth-order valence-corrected chi connectivity index (χ4v) is 5.60. The largest absolute Gasteiger partial charge is 0.494 e. The lowest BCUT2D eigenvalue weighted by Gasteiger charge is -2.13. The summed E-state index contributed by atoms with van der Waals surface area (Å²) >= 11 is 7.44. The first-order valence-electron chi connectivity index (χ1n) is 13.2. The van der Waals surface area contributed by atoms with Crippen molar-refractivity contribution in [3.63, 3.8) is 0 Å². The Hall–Kier alpha value is -3.95. The van der Waals surface area contributed by atoms with Crippen molar-refractivity contribution in [3.8, 4) is 16.9 Å². The second-order valence-electron chi connectivity index (χ2n) is 9.80. The Labute approximate surface area is 250 Å². The van der Waals surface area contributed by atoms with Gasteiger partial charge in [-0.15, -0.1) is 0 Å². The number of fused-ring (bicyclic) bond motifs is 1. The quantitative estimate of drug-likeness (QED) is 0.129. The highest BCUT2D eigenvalue weighted by Crippen LogP contribution is 2.40. The number of carbonyl (C=O) groups is 1. The van der Waals surface area contributed by atoms with E-state index in [0.29, 0.717) is 52.3 Å². The van der Waals surface area contributed by atoms with Crippen LogP contribution in [0.3, 0.4) is 0 Å². The predicted molar refractivity (Wildman–Crippen MR) is 161 cm³/mol. The van der Waals surface area contributed by atoms with E-state index in [-0.39, 0.29) is 17.2 Å². The highest BCUT2D eigenvalue weighted by molar-refractivity contribution is 7.98. The minimum Gasteiger partial charge on any atom is -0.494 e. The van der Waals surface area contributed by atoms with E-state index in [0.717, 1.165) is 40.2 Å². The molecule has 2 aromatic heterocycles. The van der Waals surface area contributed by atoms with E-state index in [9.17, 15) is 18.0 Å². The molecule has 5 nitrogen and oxygen atoms in total. The Kier molecular flexibility index (Phi) is 8.80. The van der Waals surface area contributed by atoms with Crippen molar-refractivity contribution in [2.24, 2.45) is 0 Å². The molecule has 0 aliphatic heterocycles. The Balaban J connectivity index is 1.48. The number of benzene rings is 3. The van der Waals surface area contributed by atoms with Gasteiger partial charge in [0.25, 0.3) is 5.91 Å². The van der Waals surface area contributed by atoms with Gasteiger partial charge in [-0.05, 0) is 85.7 Å². The molecule has 3 aromatic carbocycles. The number of H-pyrrole nitrogens is 1. The summed E-state index contributed by atoms with van der Waals surface area (Å²) in [7, 11) is 0. The van der Waals surface area contributed by atoms with Crippen LogP contribution < -0.4 is 9.46 Å². The van der Waals surface area contributed by atoms with Crippen LogP contribution in [0.4, 0.5) is 13.2 Å². The second-order valence-corrected chi connectivity index (χ2v) is 11.1. The van der Waals surface area contributed by atoms with Crippen molar-refractivity contribution >= 4 is 40.4 Å². The summed E-state index contributed by atoms with van der Waals surface area (Å²) in [6, 6.07) is 19.2. The highest BCUT2D eigenvalue weighted by atomic mass is 35.5. The second kappa shape index (κ2) is 12.5. The molecule has 5 aromatic rings. The maximum atomic E-state index is 13.9. The molecular formula is C32H27ClF3N3O2S. The minimum absolute atomic E-state index is 0.0640. The minimum atomic E-state index is -4.57. The van der Waals surface area contributed by atoms with Crippen LogP contribution in [0, 0.1) is 13.8 Å². The van der Waals surface area contributed by atoms with Crippen molar-refractivity contribution in [2.45, 2.75) is 37.8 Å². The van der Waals surface area contributed by atoms with Gasteiger partial charge in [0, 0.05) is 38.8 Å². The fourth-order valence-electron chi connectivity index (χ4n) is 4.88. The normalized spacial score (nSPS) is 11.6. The number of aryl methyl sites for hydroxylation is 3. The van der Waals surface area contributed by atoms with Crippen molar-refractivity contribution in [1.29, 1.82) is 0 Å². The molecule has 10 heteroatoms. The van der Waals surface area contributed by atoms with Crippen LogP contribution in [0.2, 0.25) is 5.02 Å². The van der Waals surface area contributed by atoms with E-state index < -0.39 is 11.7 Å². The Bertz CT molecular complexity index is 1720. The summed E-state index contributed by atoms with van der Waals surface area (Å²) < 4.78 is 50.5. The summed E-state index contributed by atoms with van der Waals surface area (Å²) in [5, 5.41) is 1.36. The average Bonchev–Trinajstić information content (AvgIpc) is 3.35. The van der Waals surface area contributed by atoms with Gasteiger partial charge in [-0.1, -0.05) is 48.0 Å². The van der Waals surface area contributed by atoms with Crippen molar-refractivity contribution in [2.75, 3.05) is 6.61 Å². The van der Waals surface area contributed by atoms with Gasteiger partial charge in [0.15, 0.2) is 0 Å². The number of aromatic amines is 1. The monoisotopic (exact) mass is 609 g/mol. The van der Waals surface area contributed by atoms with Crippen LogP contribution >= 0.6 is 23.5 Å². The number of pyridine rings is 1. The SMILES string of the molecule is Cc1cc(OCCCc2c(C(=O)NSc3ccccc3)[nH]c3c(-c4cnccc4C(F)(F)F)cccc23)cc(C)c1Cl. The molecule has 0 aliphatic rings. The molecule has 0 spiro atoms. The first kappa shape index (κ1) is 29.5. The van der Waals surface area contributed by atoms with Crippen LogP contribution in [0.5, 0.6) is 5.75 Å². The number of carbonyl (C=O) groups excluding carboxylic acids is 1. The number of ether oxygens (including phenoxy) is 1.